The Morgan fingerprint density at radius 2 is 1.89 bits per heavy atom. The largest absolute Gasteiger partial charge is 0.497 e. The minimum atomic E-state index is -0.375. The SMILES string of the molecule is COc1ccc(NC(=O)[C@H](C)Sc2nnc(CCC(N)=O)n2CC(C)C)cc1. The summed E-state index contributed by atoms with van der Waals surface area (Å²) in [6.45, 7) is 6.70. The van der Waals surface area contributed by atoms with E-state index in [1.54, 1.807) is 31.4 Å². The molecule has 8 nitrogen and oxygen atoms in total. The van der Waals surface area contributed by atoms with Gasteiger partial charge in [-0.1, -0.05) is 25.6 Å². The molecule has 0 spiro atoms. The molecule has 0 saturated heterocycles. The van der Waals surface area contributed by atoms with Crippen LogP contribution in [0.1, 0.15) is 33.0 Å². The molecule has 1 aromatic carbocycles. The van der Waals surface area contributed by atoms with Gasteiger partial charge >= 0.3 is 0 Å². The number of carbonyl (C=O) groups is 2. The third-order valence-electron chi connectivity index (χ3n) is 3.95. The minimum absolute atomic E-state index is 0.132. The Kier molecular flexibility index (Phi) is 7.86. The van der Waals surface area contributed by atoms with Crippen LogP contribution < -0.4 is 15.8 Å². The van der Waals surface area contributed by atoms with Crippen LogP contribution in [0.5, 0.6) is 5.75 Å². The number of carbonyl (C=O) groups excluding carboxylic acids is 2. The fraction of sp³-hybridized carbons (Fsp3) is 0.474. The molecule has 1 aromatic heterocycles. The van der Waals surface area contributed by atoms with E-state index in [0.717, 1.165) is 5.75 Å². The smallest absolute Gasteiger partial charge is 0.237 e. The van der Waals surface area contributed by atoms with Gasteiger partial charge in [0.05, 0.1) is 12.4 Å². The van der Waals surface area contributed by atoms with Gasteiger partial charge in [-0.25, -0.2) is 0 Å². The van der Waals surface area contributed by atoms with Gasteiger partial charge in [0.25, 0.3) is 0 Å². The van der Waals surface area contributed by atoms with Crippen LogP contribution in [0.15, 0.2) is 29.4 Å². The van der Waals surface area contributed by atoms with Crippen molar-refractivity contribution in [2.75, 3.05) is 12.4 Å². The Balaban J connectivity index is 2.07. The molecule has 0 bridgehead atoms. The van der Waals surface area contributed by atoms with Crippen LogP contribution in [-0.4, -0.2) is 38.9 Å². The number of hydrogen-bond donors (Lipinski definition) is 2. The zero-order chi connectivity index (χ0) is 20.7. The van der Waals surface area contributed by atoms with E-state index in [2.05, 4.69) is 29.4 Å². The van der Waals surface area contributed by atoms with Gasteiger partial charge in [0.2, 0.25) is 11.8 Å². The molecule has 0 radical (unpaired) electrons. The number of anilines is 1. The first kappa shape index (κ1) is 21.7. The lowest BCUT2D eigenvalue weighted by Gasteiger charge is -2.15. The van der Waals surface area contributed by atoms with Gasteiger partial charge in [0.1, 0.15) is 11.6 Å². The number of ether oxygens (including phenoxy) is 1. The first-order valence-electron chi connectivity index (χ1n) is 9.12. The fourth-order valence-electron chi connectivity index (χ4n) is 2.50. The van der Waals surface area contributed by atoms with Crippen molar-refractivity contribution in [3.8, 4) is 5.75 Å². The Bertz CT molecular complexity index is 804. The summed E-state index contributed by atoms with van der Waals surface area (Å²) in [5.74, 6) is 1.29. The molecule has 2 aromatic rings. The fourth-order valence-corrected chi connectivity index (χ4v) is 3.38. The van der Waals surface area contributed by atoms with Gasteiger partial charge < -0.3 is 20.4 Å². The standard InChI is InChI=1S/C19H27N5O3S/c1-12(2)11-24-17(10-9-16(20)25)22-23-19(24)28-13(3)18(26)21-14-5-7-15(27-4)8-6-14/h5-8,12-13H,9-11H2,1-4H3,(H2,20,25)(H,21,26)/t13-/m0/s1. The van der Waals surface area contributed by atoms with E-state index in [-0.39, 0.29) is 23.5 Å². The molecule has 2 rings (SSSR count). The van der Waals surface area contributed by atoms with Gasteiger partial charge in [-0.05, 0) is 37.1 Å². The lowest BCUT2D eigenvalue weighted by molar-refractivity contribution is -0.118. The number of aryl methyl sites for hydroxylation is 1. The Labute approximate surface area is 169 Å². The Morgan fingerprint density at radius 3 is 2.46 bits per heavy atom. The maximum atomic E-state index is 12.5. The molecule has 1 atom stereocenters. The summed E-state index contributed by atoms with van der Waals surface area (Å²) in [5.41, 5.74) is 5.95. The number of nitrogens with zero attached hydrogens (tertiary/aromatic N) is 3. The molecular weight excluding hydrogens is 378 g/mol. The molecule has 0 fully saturated rings. The quantitative estimate of drug-likeness (QED) is 0.587. The Morgan fingerprint density at radius 1 is 1.21 bits per heavy atom. The second-order valence-electron chi connectivity index (χ2n) is 6.85. The summed E-state index contributed by atoms with van der Waals surface area (Å²) in [4.78, 5) is 23.6. The molecule has 0 aliphatic carbocycles. The zero-order valence-corrected chi connectivity index (χ0v) is 17.5. The molecule has 0 aliphatic rings. The normalized spacial score (nSPS) is 12.0. The van der Waals surface area contributed by atoms with Crippen molar-refractivity contribution in [2.24, 2.45) is 11.7 Å². The molecule has 0 aliphatic heterocycles. The molecule has 2 amide bonds. The summed E-state index contributed by atoms with van der Waals surface area (Å²) in [5, 5.41) is 11.6. The number of nitrogens with two attached hydrogens (primary N) is 1. The molecule has 0 unspecified atom stereocenters. The van der Waals surface area contributed by atoms with E-state index in [4.69, 9.17) is 10.5 Å². The molecule has 152 valence electrons. The van der Waals surface area contributed by atoms with Crippen LogP contribution in [0.25, 0.3) is 0 Å². The van der Waals surface area contributed by atoms with Gasteiger partial charge in [0, 0.05) is 25.1 Å². The first-order chi connectivity index (χ1) is 13.3. The van der Waals surface area contributed by atoms with E-state index in [1.807, 2.05) is 11.5 Å². The van der Waals surface area contributed by atoms with Crippen molar-refractivity contribution < 1.29 is 14.3 Å². The van der Waals surface area contributed by atoms with Crippen LogP contribution in [0.2, 0.25) is 0 Å². The van der Waals surface area contributed by atoms with Gasteiger partial charge in [-0.3, -0.25) is 9.59 Å². The lowest BCUT2D eigenvalue weighted by Crippen LogP contribution is -2.23. The van der Waals surface area contributed by atoms with Crippen molar-refractivity contribution in [1.29, 1.82) is 0 Å². The average Bonchev–Trinajstić information content (AvgIpc) is 3.01. The van der Waals surface area contributed by atoms with E-state index in [9.17, 15) is 9.59 Å². The maximum Gasteiger partial charge on any atom is 0.237 e. The highest BCUT2D eigenvalue weighted by molar-refractivity contribution is 8.00. The molecule has 28 heavy (non-hydrogen) atoms. The van der Waals surface area contributed by atoms with E-state index in [1.165, 1.54) is 11.8 Å². The van der Waals surface area contributed by atoms with Crippen molar-refractivity contribution in [1.82, 2.24) is 14.8 Å². The number of aromatic nitrogens is 3. The number of benzene rings is 1. The predicted molar refractivity (Wildman–Crippen MR) is 109 cm³/mol. The van der Waals surface area contributed by atoms with Gasteiger partial charge in [0.15, 0.2) is 5.16 Å². The number of primary amides is 1. The second-order valence-corrected chi connectivity index (χ2v) is 8.16. The highest BCUT2D eigenvalue weighted by atomic mass is 32.2. The summed E-state index contributed by atoms with van der Waals surface area (Å²) in [6, 6.07) is 7.16. The van der Waals surface area contributed by atoms with Gasteiger partial charge in [-0.15, -0.1) is 10.2 Å². The van der Waals surface area contributed by atoms with Gasteiger partial charge in [-0.2, -0.15) is 0 Å². The lowest BCUT2D eigenvalue weighted by atomic mass is 10.2. The maximum absolute atomic E-state index is 12.5. The molecule has 0 saturated carbocycles. The molecule has 9 heteroatoms. The third-order valence-corrected chi connectivity index (χ3v) is 5.03. The zero-order valence-electron chi connectivity index (χ0n) is 16.6. The van der Waals surface area contributed by atoms with E-state index >= 15 is 0 Å². The summed E-state index contributed by atoms with van der Waals surface area (Å²) in [6.07, 6.45) is 0.649. The number of rotatable bonds is 10. The summed E-state index contributed by atoms with van der Waals surface area (Å²) >= 11 is 1.34. The Hall–Kier alpha value is -2.55. The minimum Gasteiger partial charge on any atom is -0.497 e. The third kappa shape index (κ3) is 6.26. The predicted octanol–water partition coefficient (Wildman–Crippen LogP) is 2.48. The van der Waals surface area contributed by atoms with Crippen LogP contribution >= 0.6 is 11.8 Å². The number of amides is 2. The second kappa shape index (κ2) is 10.1. The number of thioether (sulfide) groups is 1. The summed E-state index contributed by atoms with van der Waals surface area (Å²) < 4.78 is 7.09. The van der Waals surface area contributed by atoms with Crippen LogP contribution in [-0.2, 0) is 22.6 Å². The number of methoxy groups -OCH3 is 1. The van der Waals surface area contributed by atoms with E-state index < -0.39 is 0 Å². The van der Waals surface area contributed by atoms with Crippen LogP contribution in [0.3, 0.4) is 0 Å². The monoisotopic (exact) mass is 405 g/mol. The number of nitrogens with one attached hydrogen (secondary N) is 1. The van der Waals surface area contributed by atoms with Crippen molar-refractivity contribution in [3.63, 3.8) is 0 Å². The first-order valence-corrected chi connectivity index (χ1v) is 10.00. The highest BCUT2D eigenvalue weighted by Crippen LogP contribution is 2.25. The topological polar surface area (TPSA) is 112 Å². The van der Waals surface area contributed by atoms with E-state index in [0.29, 0.717) is 35.6 Å². The van der Waals surface area contributed by atoms with Crippen molar-refractivity contribution >= 4 is 29.3 Å². The highest BCUT2D eigenvalue weighted by Gasteiger charge is 2.21. The molecular formula is C19H27N5O3S. The van der Waals surface area contributed by atoms with Crippen LogP contribution in [0.4, 0.5) is 5.69 Å². The van der Waals surface area contributed by atoms with Crippen LogP contribution in [0, 0.1) is 5.92 Å². The summed E-state index contributed by atoms with van der Waals surface area (Å²) in [7, 11) is 1.59. The molecule has 3 N–H and O–H groups in total. The number of hydrogen-bond acceptors (Lipinski definition) is 6. The average molecular weight is 406 g/mol. The van der Waals surface area contributed by atoms with Crippen molar-refractivity contribution in [2.45, 2.75) is 50.6 Å². The van der Waals surface area contributed by atoms with Crippen molar-refractivity contribution in [3.05, 3.63) is 30.1 Å². The molecule has 1 heterocycles.